The number of ether oxygens (including phenoxy) is 3. The van der Waals surface area contributed by atoms with E-state index in [0.717, 1.165) is 16.9 Å². The molecule has 1 heterocycles. The van der Waals surface area contributed by atoms with E-state index in [1.807, 2.05) is 48.2 Å². The van der Waals surface area contributed by atoms with Crippen molar-refractivity contribution >= 4 is 5.91 Å². The van der Waals surface area contributed by atoms with Crippen LogP contribution < -0.4 is 9.47 Å². The fourth-order valence-electron chi connectivity index (χ4n) is 2.85. The summed E-state index contributed by atoms with van der Waals surface area (Å²) < 4.78 is 16.7. The van der Waals surface area contributed by atoms with Gasteiger partial charge in [-0.2, -0.15) is 0 Å². The van der Waals surface area contributed by atoms with Crippen molar-refractivity contribution in [3.05, 3.63) is 59.2 Å². The minimum absolute atomic E-state index is 0.0168. The first-order valence-corrected chi connectivity index (χ1v) is 8.41. The molecule has 1 amide bonds. The van der Waals surface area contributed by atoms with E-state index in [1.54, 1.807) is 13.2 Å². The average molecular weight is 341 g/mol. The molecule has 0 atom stereocenters. The van der Waals surface area contributed by atoms with Crippen LogP contribution in [-0.2, 0) is 11.3 Å². The summed E-state index contributed by atoms with van der Waals surface area (Å²) >= 11 is 0. The number of amides is 1. The molecule has 1 saturated heterocycles. The molecule has 0 saturated carbocycles. The molecular weight excluding hydrogens is 318 g/mol. The lowest BCUT2D eigenvalue weighted by Gasteiger charge is -2.27. The summed E-state index contributed by atoms with van der Waals surface area (Å²) in [5.74, 6) is 1.56. The molecule has 0 aromatic heterocycles. The number of methoxy groups -OCH3 is 1. The predicted molar refractivity (Wildman–Crippen MR) is 95.2 cm³/mol. The van der Waals surface area contributed by atoms with E-state index in [-0.39, 0.29) is 5.91 Å². The summed E-state index contributed by atoms with van der Waals surface area (Å²) in [5.41, 5.74) is 2.57. The Labute approximate surface area is 148 Å². The molecule has 1 fully saturated rings. The molecule has 2 aromatic carbocycles. The zero-order valence-corrected chi connectivity index (χ0v) is 14.7. The minimum atomic E-state index is 0.0168. The Morgan fingerprint density at radius 2 is 1.88 bits per heavy atom. The van der Waals surface area contributed by atoms with Crippen molar-refractivity contribution < 1.29 is 19.0 Å². The van der Waals surface area contributed by atoms with Crippen LogP contribution in [0.25, 0.3) is 0 Å². The van der Waals surface area contributed by atoms with E-state index in [9.17, 15) is 4.79 Å². The van der Waals surface area contributed by atoms with Crippen molar-refractivity contribution in [2.45, 2.75) is 13.5 Å². The topological polar surface area (TPSA) is 48.0 Å². The molecule has 0 radical (unpaired) electrons. The smallest absolute Gasteiger partial charge is 0.254 e. The highest BCUT2D eigenvalue weighted by molar-refractivity contribution is 5.94. The quantitative estimate of drug-likeness (QED) is 0.839. The molecule has 0 spiro atoms. The number of benzene rings is 2. The average Bonchev–Trinajstić information content (AvgIpc) is 2.67. The minimum Gasteiger partial charge on any atom is -0.496 e. The Hall–Kier alpha value is -2.53. The Bertz CT molecular complexity index is 738. The number of hydrogen-bond donors (Lipinski definition) is 0. The van der Waals surface area contributed by atoms with Crippen LogP contribution in [0.3, 0.4) is 0 Å². The molecular formula is C20H23NO4. The Morgan fingerprint density at radius 1 is 1.12 bits per heavy atom. The molecule has 132 valence electrons. The van der Waals surface area contributed by atoms with Crippen LogP contribution in [0.5, 0.6) is 11.5 Å². The lowest BCUT2D eigenvalue weighted by atomic mass is 10.1. The van der Waals surface area contributed by atoms with E-state index in [2.05, 4.69) is 0 Å². The first-order chi connectivity index (χ1) is 12.2. The zero-order valence-electron chi connectivity index (χ0n) is 14.7. The Balaban J connectivity index is 1.77. The van der Waals surface area contributed by atoms with Crippen LogP contribution in [0.15, 0.2) is 42.5 Å². The highest BCUT2D eigenvalue weighted by Crippen LogP contribution is 2.24. The van der Waals surface area contributed by atoms with Crippen molar-refractivity contribution in [2.24, 2.45) is 0 Å². The standard InChI is InChI=1S/C20H23NO4/c1-15-5-3-4-6-18(15)25-14-17-13-16(7-8-19(17)23-2)20(22)21-9-11-24-12-10-21/h3-8,13H,9-12,14H2,1-2H3. The molecule has 5 nitrogen and oxygen atoms in total. The van der Waals surface area contributed by atoms with Crippen LogP contribution in [0, 0.1) is 6.92 Å². The molecule has 0 N–H and O–H groups in total. The number of rotatable bonds is 5. The molecule has 0 bridgehead atoms. The van der Waals surface area contributed by atoms with E-state index in [1.165, 1.54) is 0 Å². The maximum atomic E-state index is 12.7. The third-order valence-corrected chi connectivity index (χ3v) is 4.30. The van der Waals surface area contributed by atoms with E-state index in [4.69, 9.17) is 14.2 Å². The molecule has 0 aliphatic carbocycles. The molecule has 1 aliphatic rings. The maximum Gasteiger partial charge on any atom is 0.254 e. The monoisotopic (exact) mass is 341 g/mol. The summed E-state index contributed by atoms with van der Waals surface area (Å²) in [4.78, 5) is 14.5. The van der Waals surface area contributed by atoms with Gasteiger partial charge >= 0.3 is 0 Å². The van der Waals surface area contributed by atoms with Crippen molar-refractivity contribution in [3.8, 4) is 11.5 Å². The van der Waals surface area contributed by atoms with Crippen molar-refractivity contribution in [2.75, 3.05) is 33.4 Å². The van der Waals surface area contributed by atoms with E-state index >= 15 is 0 Å². The van der Waals surface area contributed by atoms with Gasteiger partial charge < -0.3 is 19.1 Å². The van der Waals surface area contributed by atoms with Crippen molar-refractivity contribution in [1.82, 2.24) is 4.90 Å². The highest BCUT2D eigenvalue weighted by atomic mass is 16.5. The van der Waals surface area contributed by atoms with Gasteiger partial charge in [0, 0.05) is 24.2 Å². The largest absolute Gasteiger partial charge is 0.496 e. The van der Waals surface area contributed by atoms with Gasteiger partial charge in [0.25, 0.3) is 5.91 Å². The maximum absolute atomic E-state index is 12.7. The molecule has 2 aromatic rings. The van der Waals surface area contributed by atoms with Gasteiger partial charge in [0.2, 0.25) is 0 Å². The zero-order chi connectivity index (χ0) is 17.6. The van der Waals surface area contributed by atoms with Gasteiger partial charge in [0.05, 0.1) is 20.3 Å². The van der Waals surface area contributed by atoms with Gasteiger partial charge in [0.1, 0.15) is 18.1 Å². The van der Waals surface area contributed by atoms with Crippen LogP contribution in [0.1, 0.15) is 21.5 Å². The summed E-state index contributed by atoms with van der Waals surface area (Å²) in [7, 11) is 1.62. The number of hydrogen-bond acceptors (Lipinski definition) is 4. The SMILES string of the molecule is COc1ccc(C(=O)N2CCOCC2)cc1COc1ccccc1C. The van der Waals surface area contributed by atoms with Crippen LogP contribution in [-0.4, -0.2) is 44.2 Å². The molecule has 25 heavy (non-hydrogen) atoms. The molecule has 3 rings (SSSR count). The fraction of sp³-hybridized carbons (Fsp3) is 0.350. The Kier molecular flexibility index (Phi) is 5.56. The second-order valence-electron chi connectivity index (χ2n) is 5.99. The number of carbonyl (C=O) groups is 1. The van der Waals surface area contributed by atoms with Crippen molar-refractivity contribution in [3.63, 3.8) is 0 Å². The second kappa shape index (κ2) is 8.03. The third-order valence-electron chi connectivity index (χ3n) is 4.30. The van der Waals surface area contributed by atoms with E-state index < -0.39 is 0 Å². The highest BCUT2D eigenvalue weighted by Gasteiger charge is 2.19. The van der Waals surface area contributed by atoms with Crippen LogP contribution in [0.4, 0.5) is 0 Å². The van der Waals surface area contributed by atoms with Crippen molar-refractivity contribution in [1.29, 1.82) is 0 Å². The lowest BCUT2D eigenvalue weighted by molar-refractivity contribution is 0.0302. The normalized spacial score (nSPS) is 14.2. The molecule has 1 aliphatic heterocycles. The first-order valence-electron chi connectivity index (χ1n) is 8.41. The van der Waals surface area contributed by atoms with Gasteiger partial charge in [-0.3, -0.25) is 4.79 Å². The summed E-state index contributed by atoms with van der Waals surface area (Å²) in [6.07, 6.45) is 0. The number of aryl methyl sites for hydroxylation is 1. The Morgan fingerprint density at radius 3 is 2.60 bits per heavy atom. The molecule has 5 heteroatoms. The lowest BCUT2D eigenvalue weighted by Crippen LogP contribution is -2.40. The fourth-order valence-corrected chi connectivity index (χ4v) is 2.85. The van der Waals surface area contributed by atoms with Crippen LogP contribution in [0.2, 0.25) is 0 Å². The van der Waals surface area contributed by atoms with Gasteiger partial charge in [-0.1, -0.05) is 18.2 Å². The summed E-state index contributed by atoms with van der Waals surface area (Å²) in [6, 6.07) is 13.3. The first kappa shape index (κ1) is 17.3. The van der Waals surface area contributed by atoms with E-state index in [0.29, 0.717) is 44.2 Å². The number of morpholine rings is 1. The predicted octanol–water partition coefficient (Wildman–Crippen LogP) is 3.06. The number of nitrogens with zero attached hydrogens (tertiary/aromatic N) is 1. The number of para-hydroxylation sites is 1. The molecule has 0 unspecified atom stereocenters. The summed E-state index contributed by atoms with van der Waals surface area (Å²) in [6.45, 7) is 4.78. The van der Waals surface area contributed by atoms with Gasteiger partial charge in [-0.05, 0) is 36.8 Å². The van der Waals surface area contributed by atoms with Gasteiger partial charge in [-0.25, -0.2) is 0 Å². The third kappa shape index (κ3) is 4.12. The number of carbonyl (C=O) groups excluding carboxylic acids is 1. The summed E-state index contributed by atoms with van der Waals surface area (Å²) in [5, 5.41) is 0. The second-order valence-corrected chi connectivity index (χ2v) is 5.99. The van der Waals surface area contributed by atoms with Crippen LogP contribution >= 0.6 is 0 Å². The van der Waals surface area contributed by atoms with Gasteiger partial charge in [0.15, 0.2) is 0 Å². The van der Waals surface area contributed by atoms with Gasteiger partial charge in [-0.15, -0.1) is 0 Å².